The zero-order valence-corrected chi connectivity index (χ0v) is 8.52. The molecule has 1 saturated carbocycles. The molecule has 0 spiro atoms. The van der Waals surface area contributed by atoms with Gasteiger partial charge in [0.15, 0.2) is 0 Å². The minimum absolute atomic E-state index is 1.02. The van der Waals surface area contributed by atoms with Crippen LogP contribution in [-0.4, -0.2) is 0 Å². The highest BCUT2D eigenvalue weighted by Gasteiger charge is 2.26. The maximum atomic E-state index is 3.86. The molecule has 0 N–H and O–H groups in total. The summed E-state index contributed by atoms with van der Waals surface area (Å²) >= 11 is 0. The van der Waals surface area contributed by atoms with E-state index >= 15 is 0 Å². The summed E-state index contributed by atoms with van der Waals surface area (Å²) in [7, 11) is 0. The van der Waals surface area contributed by atoms with Crippen LogP contribution in [0, 0.1) is 18.8 Å². The molecule has 1 atom stereocenters. The van der Waals surface area contributed by atoms with Gasteiger partial charge in [-0.1, -0.05) is 52.4 Å². The lowest BCUT2D eigenvalue weighted by Crippen LogP contribution is -1.96. The van der Waals surface area contributed by atoms with Crippen molar-refractivity contribution in [2.24, 2.45) is 11.8 Å². The summed E-state index contributed by atoms with van der Waals surface area (Å²) in [6.45, 7) is 6.29. The van der Waals surface area contributed by atoms with Gasteiger partial charge in [0.2, 0.25) is 0 Å². The van der Waals surface area contributed by atoms with Crippen LogP contribution in [0.4, 0.5) is 0 Å². The molecule has 0 bridgehead atoms. The molecule has 12 heavy (non-hydrogen) atoms. The van der Waals surface area contributed by atoms with Crippen molar-refractivity contribution in [2.45, 2.75) is 58.3 Å². The topological polar surface area (TPSA) is 0 Å². The van der Waals surface area contributed by atoms with E-state index < -0.39 is 0 Å². The molecular formula is C12H23. The lowest BCUT2D eigenvalue weighted by molar-refractivity contribution is 0.440. The predicted molar refractivity (Wildman–Crippen MR) is 54.9 cm³/mol. The van der Waals surface area contributed by atoms with Crippen molar-refractivity contribution in [1.29, 1.82) is 0 Å². The molecule has 1 radical (unpaired) electrons. The quantitative estimate of drug-likeness (QED) is 0.498. The van der Waals surface area contributed by atoms with Gasteiger partial charge in [0.25, 0.3) is 0 Å². The third-order valence-corrected chi connectivity index (χ3v) is 3.09. The van der Waals surface area contributed by atoms with Crippen molar-refractivity contribution < 1.29 is 0 Å². The van der Waals surface area contributed by atoms with Crippen molar-refractivity contribution in [3.8, 4) is 0 Å². The van der Waals surface area contributed by atoms with E-state index in [0.717, 1.165) is 18.3 Å². The maximum Gasteiger partial charge on any atom is -0.0388 e. The molecule has 1 aliphatic rings. The first-order valence-corrected chi connectivity index (χ1v) is 5.64. The smallest absolute Gasteiger partial charge is 0.0388 e. The molecule has 0 aliphatic heterocycles. The fourth-order valence-electron chi connectivity index (χ4n) is 1.90. The predicted octanol–water partition coefficient (Wildman–Crippen LogP) is 4.21. The van der Waals surface area contributed by atoms with Gasteiger partial charge in [0.05, 0.1) is 0 Å². The number of hydrogen-bond donors (Lipinski definition) is 0. The Hall–Kier alpha value is 0. The van der Waals surface area contributed by atoms with Gasteiger partial charge in [-0.2, -0.15) is 0 Å². The van der Waals surface area contributed by atoms with Crippen LogP contribution in [0.3, 0.4) is 0 Å². The maximum absolute atomic E-state index is 3.86. The first-order chi connectivity index (χ1) is 5.84. The van der Waals surface area contributed by atoms with Crippen molar-refractivity contribution >= 4 is 0 Å². The second kappa shape index (κ2) is 5.61. The Morgan fingerprint density at radius 1 is 1.17 bits per heavy atom. The Kier molecular flexibility index (Phi) is 4.72. The van der Waals surface area contributed by atoms with Gasteiger partial charge in [-0.3, -0.25) is 0 Å². The monoisotopic (exact) mass is 167 g/mol. The van der Waals surface area contributed by atoms with E-state index in [1.165, 1.54) is 44.9 Å². The van der Waals surface area contributed by atoms with Crippen LogP contribution in [0.25, 0.3) is 0 Å². The van der Waals surface area contributed by atoms with Crippen molar-refractivity contribution in [1.82, 2.24) is 0 Å². The molecule has 1 fully saturated rings. The number of hydrogen-bond acceptors (Lipinski definition) is 0. The van der Waals surface area contributed by atoms with E-state index in [1.807, 2.05) is 0 Å². The van der Waals surface area contributed by atoms with E-state index in [9.17, 15) is 0 Å². The van der Waals surface area contributed by atoms with Crippen molar-refractivity contribution in [3.05, 3.63) is 6.92 Å². The first kappa shape index (κ1) is 10.1. The minimum Gasteiger partial charge on any atom is -0.0622 e. The Morgan fingerprint density at radius 3 is 2.42 bits per heavy atom. The highest BCUT2D eigenvalue weighted by molar-refractivity contribution is 4.78. The third-order valence-electron chi connectivity index (χ3n) is 3.09. The standard InChI is InChI=1S/C12H23/c1-3-4-5-6-7-8-11(2)12-9-10-12/h11-12H,1,3-10H2,2H3. The van der Waals surface area contributed by atoms with Gasteiger partial charge in [0.1, 0.15) is 0 Å². The minimum atomic E-state index is 1.02. The van der Waals surface area contributed by atoms with E-state index in [-0.39, 0.29) is 0 Å². The Morgan fingerprint density at radius 2 is 1.83 bits per heavy atom. The van der Waals surface area contributed by atoms with Gasteiger partial charge in [-0.15, -0.1) is 0 Å². The lowest BCUT2D eigenvalue weighted by Gasteiger charge is -2.08. The molecule has 1 aliphatic carbocycles. The molecule has 0 aromatic rings. The Bertz CT molecular complexity index is 103. The molecular weight excluding hydrogens is 144 g/mol. The summed E-state index contributed by atoms with van der Waals surface area (Å²) < 4.78 is 0. The fourth-order valence-corrected chi connectivity index (χ4v) is 1.90. The SMILES string of the molecule is [CH2]CCCCCCC(C)C1CC1. The Labute approximate surface area is 77.7 Å². The van der Waals surface area contributed by atoms with Crippen LogP contribution >= 0.6 is 0 Å². The molecule has 0 nitrogen and oxygen atoms in total. The van der Waals surface area contributed by atoms with Gasteiger partial charge < -0.3 is 0 Å². The average molecular weight is 167 g/mol. The highest BCUT2D eigenvalue weighted by Crippen LogP contribution is 2.38. The van der Waals surface area contributed by atoms with Crippen molar-refractivity contribution in [3.63, 3.8) is 0 Å². The zero-order valence-electron chi connectivity index (χ0n) is 8.52. The molecule has 0 aromatic heterocycles. The van der Waals surface area contributed by atoms with Crippen LogP contribution in [0.2, 0.25) is 0 Å². The van der Waals surface area contributed by atoms with E-state index in [2.05, 4.69) is 13.8 Å². The number of unbranched alkanes of at least 4 members (excludes halogenated alkanes) is 4. The van der Waals surface area contributed by atoms with E-state index in [0.29, 0.717) is 0 Å². The first-order valence-electron chi connectivity index (χ1n) is 5.64. The van der Waals surface area contributed by atoms with Crippen LogP contribution in [0.1, 0.15) is 58.3 Å². The van der Waals surface area contributed by atoms with Crippen LogP contribution < -0.4 is 0 Å². The third kappa shape index (κ3) is 4.13. The summed E-state index contributed by atoms with van der Waals surface area (Å²) in [5.74, 6) is 2.13. The van der Waals surface area contributed by atoms with E-state index in [1.54, 1.807) is 0 Å². The van der Waals surface area contributed by atoms with Gasteiger partial charge >= 0.3 is 0 Å². The van der Waals surface area contributed by atoms with Crippen LogP contribution in [0.15, 0.2) is 0 Å². The molecule has 1 unspecified atom stereocenters. The lowest BCUT2D eigenvalue weighted by atomic mass is 9.98. The molecule has 0 aromatic carbocycles. The molecule has 71 valence electrons. The normalized spacial score (nSPS) is 19.5. The molecule has 1 rings (SSSR count). The van der Waals surface area contributed by atoms with Crippen molar-refractivity contribution in [2.75, 3.05) is 0 Å². The van der Waals surface area contributed by atoms with Gasteiger partial charge in [-0.25, -0.2) is 0 Å². The molecule has 0 heterocycles. The average Bonchev–Trinajstić information content (AvgIpc) is 2.86. The van der Waals surface area contributed by atoms with Crippen LogP contribution in [-0.2, 0) is 0 Å². The number of rotatable bonds is 7. The second-order valence-electron chi connectivity index (χ2n) is 4.37. The summed E-state index contributed by atoms with van der Waals surface area (Å²) in [5.41, 5.74) is 0. The molecule has 0 saturated heterocycles. The summed E-state index contributed by atoms with van der Waals surface area (Å²) in [6.07, 6.45) is 11.3. The summed E-state index contributed by atoms with van der Waals surface area (Å²) in [4.78, 5) is 0. The highest BCUT2D eigenvalue weighted by atomic mass is 14.3. The van der Waals surface area contributed by atoms with E-state index in [4.69, 9.17) is 0 Å². The largest absolute Gasteiger partial charge is 0.0622 e. The second-order valence-corrected chi connectivity index (χ2v) is 4.37. The summed E-state index contributed by atoms with van der Waals surface area (Å²) in [6, 6.07) is 0. The summed E-state index contributed by atoms with van der Waals surface area (Å²) in [5, 5.41) is 0. The zero-order chi connectivity index (χ0) is 8.81. The molecule has 0 heteroatoms. The Balaban J connectivity index is 1.81. The van der Waals surface area contributed by atoms with Gasteiger partial charge in [0, 0.05) is 0 Å². The fraction of sp³-hybridized carbons (Fsp3) is 0.917. The molecule has 0 amide bonds. The van der Waals surface area contributed by atoms with Gasteiger partial charge in [-0.05, 0) is 24.7 Å². The van der Waals surface area contributed by atoms with Crippen LogP contribution in [0.5, 0.6) is 0 Å².